The number of piperidine rings is 1. The van der Waals surface area contributed by atoms with Gasteiger partial charge in [-0.25, -0.2) is 0 Å². The van der Waals surface area contributed by atoms with E-state index >= 15 is 0 Å². The standard InChI is InChI=1S/C23H22N2O3S2/c26-21(24-13-7-2-8-14-24)16-25-22(27)20(30-23(25)28)15-17-9-5-6-12-19(17)29-18-10-3-1-4-11-18/h1,3-6,9-12,15H,2,7-8,13-14,16H2. The molecule has 30 heavy (non-hydrogen) atoms. The van der Waals surface area contributed by atoms with Gasteiger partial charge in [-0.3, -0.25) is 19.3 Å². The maximum Gasteiger partial charge on any atom is 0.294 e. The molecule has 154 valence electrons. The summed E-state index contributed by atoms with van der Waals surface area (Å²) in [5, 5.41) is -0.384. The van der Waals surface area contributed by atoms with Gasteiger partial charge < -0.3 is 4.90 Å². The van der Waals surface area contributed by atoms with Gasteiger partial charge in [0.1, 0.15) is 6.54 Å². The Bertz CT molecular complexity index is 985. The highest BCUT2D eigenvalue weighted by Crippen LogP contribution is 2.36. The predicted molar refractivity (Wildman–Crippen MR) is 120 cm³/mol. The first kappa shape index (κ1) is 20.8. The zero-order chi connectivity index (χ0) is 20.9. The number of amides is 3. The summed E-state index contributed by atoms with van der Waals surface area (Å²) in [5.74, 6) is -0.548. The lowest BCUT2D eigenvalue weighted by Gasteiger charge is -2.27. The summed E-state index contributed by atoms with van der Waals surface area (Å²) in [6.07, 6.45) is 4.82. The predicted octanol–water partition coefficient (Wildman–Crippen LogP) is 4.89. The van der Waals surface area contributed by atoms with E-state index < -0.39 is 5.91 Å². The van der Waals surface area contributed by atoms with Crippen molar-refractivity contribution < 1.29 is 14.4 Å². The minimum Gasteiger partial charge on any atom is -0.341 e. The molecule has 2 fully saturated rings. The molecule has 2 heterocycles. The third-order valence-corrected chi connectivity index (χ3v) is 7.06. The number of thioether (sulfide) groups is 1. The summed E-state index contributed by atoms with van der Waals surface area (Å²) >= 11 is 2.50. The second-order valence-corrected chi connectivity index (χ2v) is 9.27. The van der Waals surface area contributed by atoms with Crippen LogP contribution in [0.15, 0.2) is 69.3 Å². The van der Waals surface area contributed by atoms with Gasteiger partial charge in [-0.2, -0.15) is 0 Å². The summed E-state index contributed by atoms with van der Waals surface area (Å²) in [4.78, 5) is 43.1. The Hall–Kier alpha value is -2.51. The number of imide groups is 1. The zero-order valence-corrected chi connectivity index (χ0v) is 18.1. The van der Waals surface area contributed by atoms with E-state index in [4.69, 9.17) is 0 Å². The second-order valence-electron chi connectivity index (χ2n) is 7.16. The number of likely N-dealkylation sites (tertiary alicyclic amines) is 1. The number of benzene rings is 2. The Labute approximate surface area is 184 Å². The maximum absolute atomic E-state index is 12.8. The molecular weight excluding hydrogens is 416 g/mol. The molecule has 3 amide bonds. The van der Waals surface area contributed by atoms with Crippen molar-refractivity contribution in [3.05, 3.63) is 65.1 Å². The highest BCUT2D eigenvalue weighted by Gasteiger charge is 2.37. The van der Waals surface area contributed by atoms with E-state index in [-0.39, 0.29) is 17.7 Å². The lowest BCUT2D eigenvalue weighted by Crippen LogP contribution is -2.44. The van der Waals surface area contributed by atoms with Gasteiger partial charge >= 0.3 is 0 Å². The Kier molecular flexibility index (Phi) is 6.59. The first-order valence-electron chi connectivity index (χ1n) is 9.97. The first-order valence-corrected chi connectivity index (χ1v) is 11.6. The molecule has 2 aromatic carbocycles. The normalized spacial score (nSPS) is 18.3. The summed E-state index contributed by atoms with van der Waals surface area (Å²) in [7, 11) is 0. The summed E-state index contributed by atoms with van der Waals surface area (Å²) in [5.41, 5.74) is 0.874. The number of carbonyl (C=O) groups is 3. The molecule has 0 saturated carbocycles. The van der Waals surface area contributed by atoms with E-state index in [0.29, 0.717) is 18.0 Å². The van der Waals surface area contributed by atoms with Crippen LogP contribution in [0.3, 0.4) is 0 Å². The molecule has 0 radical (unpaired) electrons. The maximum atomic E-state index is 12.8. The largest absolute Gasteiger partial charge is 0.341 e. The van der Waals surface area contributed by atoms with E-state index in [2.05, 4.69) is 0 Å². The van der Waals surface area contributed by atoms with Crippen LogP contribution in [-0.4, -0.2) is 46.5 Å². The van der Waals surface area contributed by atoms with Crippen molar-refractivity contribution in [2.75, 3.05) is 19.6 Å². The van der Waals surface area contributed by atoms with Crippen LogP contribution in [-0.2, 0) is 9.59 Å². The average Bonchev–Trinajstić information content (AvgIpc) is 3.04. The third-order valence-electron chi connectivity index (χ3n) is 5.05. The van der Waals surface area contributed by atoms with Crippen molar-refractivity contribution in [3.8, 4) is 0 Å². The molecule has 0 atom stereocenters. The highest BCUT2D eigenvalue weighted by molar-refractivity contribution is 8.18. The van der Waals surface area contributed by atoms with Crippen molar-refractivity contribution in [3.63, 3.8) is 0 Å². The SMILES string of the molecule is O=C(CN1C(=O)SC(=Cc2ccccc2Sc2ccccc2)C1=O)N1CCCCC1. The molecule has 7 heteroatoms. The lowest BCUT2D eigenvalue weighted by atomic mass is 10.1. The van der Waals surface area contributed by atoms with Gasteiger partial charge in [-0.15, -0.1) is 0 Å². The highest BCUT2D eigenvalue weighted by atomic mass is 32.2. The number of hydrogen-bond acceptors (Lipinski definition) is 5. The summed E-state index contributed by atoms with van der Waals surface area (Å²) in [6.45, 7) is 1.23. The molecule has 2 aromatic rings. The molecule has 0 N–H and O–H groups in total. The van der Waals surface area contributed by atoms with Crippen molar-refractivity contribution in [1.29, 1.82) is 0 Å². The number of rotatable bonds is 5. The quantitative estimate of drug-likeness (QED) is 0.623. The van der Waals surface area contributed by atoms with Crippen LogP contribution in [0.4, 0.5) is 4.79 Å². The van der Waals surface area contributed by atoms with Crippen LogP contribution in [0.2, 0.25) is 0 Å². The van der Waals surface area contributed by atoms with E-state index in [1.807, 2.05) is 54.6 Å². The van der Waals surface area contributed by atoms with E-state index in [9.17, 15) is 14.4 Å². The van der Waals surface area contributed by atoms with Crippen LogP contribution in [0.1, 0.15) is 24.8 Å². The van der Waals surface area contributed by atoms with Crippen molar-refractivity contribution >= 4 is 46.7 Å². The summed E-state index contributed by atoms with van der Waals surface area (Å²) in [6, 6.07) is 17.8. The van der Waals surface area contributed by atoms with Crippen LogP contribution in [0.5, 0.6) is 0 Å². The summed E-state index contributed by atoms with van der Waals surface area (Å²) < 4.78 is 0. The Morgan fingerprint density at radius 3 is 2.43 bits per heavy atom. The number of hydrogen-bond donors (Lipinski definition) is 0. The van der Waals surface area contributed by atoms with Gasteiger partial charge in [0.15, 0.2) is 0 Å². The monoisotopic (exact) mass is 438 g/mol. The molecule has 0 spiro atoms. The van der Waals surface area contributed by atoms with Gasteiger partial charge in [-0.05, 0) is 60.9 Å². The third kappa shape index (κ3) is 4.79. The second kappa shape index (κ2) is 9.53. The topological polar surface area (TPSA) is 57.7 Å². The van der Waals surface area contributed by atoms with Gasteiger partial charge in [0, 0.05) is 22.9 Å². The van der Waals surface area contributed by atoms with E-state index in [1.54, 1.807) is 22.7 Å². The first-order chi connectivity index (χ1) is 14.6. The fraction of sp³-hybridized carbons (Fsp3) is 0.261. The van der Waals surface area contributed by atoms with Crippen LogP contribution in [0, 0.1) is 0 Å². The van der Waals surface area contributed by atoms with E-state index in [1.165, 1.54) is 0 Å². The molecule has 4 rings (SSSR count). The smallest absolute Gasteiger partial charge is 0.294 e. The zero-order valence-electron chi connectivity index (χ0n) is 16.5. The lowest BCUT2D eigenvalue weighted by molar-refractivity contribution is -0.136. The molecule has 0 aromatic heterocycles. The van der Waals surface area contributed by atoms with Gasteiger partial charge in [-0.1, -0.05) is 48.2 Å². The van der Waals surface area contributed by atoms with Crippen molar-refractivity contribution in [1.82, 2.24) is 9.80 Å². The molecule has 2 aliphatic rings. The molecule has 5 nitrogen and oxygen atoms in total. The minimum absolute atomic E-state index is 0.154. The van der Waals surface area contributed by atoms with Crippen LogP contribution in [0.25, 0.3) is 6.08 Å². The number of nitrogens with zero attached hydrogens (tertiary/aromatic N) is 2. The number of carbonyl (C=O) groups excluding carboxylic acids is 3. The Morgan fingerprint density at radius 2 is 1.67 bits per heavy atom. The van der Waals surface area contributed by atoms with Crippen molar-refractivity contribution in [2.24, 2.45) is 0 Å². The molecule has 0 aliphatic carbocycles. The Balaban J connectivity index is 1.50. The minimum atomic E-state index is -0.394. The fourth-order valence-corrected chi connectivity index (χ4v) is 5.23. The molecule has 0 unspecified atom stereocenters. The van der Waals surface area contributed by atoms with Gasteiger partial charge in [0.25, 0.3) is 11.1 Å². The van der Waals surface area contributed by atoms with Gasteiger partial charge in [0.05, 0.1) is 4.91 Å². The fourth-order valence-electron chi connectivity index (χ4n) is 3.46. The molecule has 2 saturated heterocycles. The Morgan fingerprint density at radius 1 is 0.967 bits per heavy atom. The van der Waals surface area contributed by atoms with Crippen LogP contribution < -0.4 is 0 Å². The average molecular weight is 439 g/mol. The van der Waals surface area contributed by atoms with Gasteiger partial charge in [0.2, 0.25) is 5.91 Å². The van der Waals surface area contributed by atoms with Crippen LogP contribution >= 0.6 is 23.5 Å². The van der Waals surface area contributed by atoms with E-state index in [0.717, 1.165) is 51.3 Å². The molecule has 0 bridgehead atoms. The van der Waals surface area contributed by atoms with Crippen molar-refractivity contribution in [2.45, 2.75) is 29.1 Å². The molecular formula is C23H22N2O3S2. The molecule has 2 aliphatic heterocycles.